The number of amides is 1. The zero-order valence-corrected chi connectivity index (χ0v) is 11.3. The van der Waals surface area contributed by atoms with Crippen LogP contribution in [0.25, 0.3) is 6.08 Å². The molecule has 19 heavy (non-hydrogen) atoms. The van der Waals surface area contributed by atoms with Crippen LogP contribution in [0.1, 0.15) is 5.56 Å². The van der Waals surface area contributed by atoms with Crippen LogP contribution in [0.5, 0.6) is 5.75 Å². The van der Waals surface area contributed by atoms with Gasteiger partial charge in [0.2, 0.25) is 0 Å². The molecule has 0 bridgehead atoms. The maximum Gasteiger partial charge on any atom is 0.265 e. The average Bonchev–Trinajstić information content (AvgIpc) is 2.59. The van der Waals surface area contributed by atoms with E-state index in [1.165, 1.54) is 30.2 Å². The molecule has 1 aromatic rings. The lowest BCUT2D eigenvalue weighted by molar-refractivity contribution is -0.398. The second-order valence-corrected chi connectivity index (χ2v) is 5.37. The molecule has 0 radical (unpaired) electrons. The maximum atomic E-state index is 11.8. The summed E-state index contributed by atoms with van der Waals surface area (Å²) in [5.41, 5.74) is -0.413. The first-order valence-electron chi connectivity index (χ1n) is 5.08. The van der Waals surface area contributed by atoms with Gasteiger partial charge in [-0.1, -0.05) is 36.1 Å². The molecule has 1 aromatic carbocycles. The molecule has 1 aliphatic heterocycles. The molecule has 1 fully saturated rings. The Hall–Kier alpha value is -1.93. The first kappa shape index (κ1) is 13.5. The fraction of sp³-hybridized carbons (Fsp3) is 0.0909. The molecule has 0 N–H and O–H groups in total. The molecule has 1 amide bonds. The van der Waals surface area contributed by atoms with Gasteiger partial charge in [-0.2, -0.15) is 0 Å². The molecule has 0 aliphatic carbocycles. The van der Waals surface area contributed by atoms with Crippen LogP contribution in [0.15, 0.2) is 23.1 Å². The molecule has 0 atom stereocenters. The van der Waals surface area contributed by atoms with E-state index < -0.39 is 16.4 Å². The van der Waals surface area contributed by atoms with E-state index in [-0.39, 0.29) is 16.4 Å². The lowest BCUT2D eigenvalue weighted by Crippen LogP contribution is -2.22. The number of hydrogen-bond acceptors (Lipinski definition) is 6. The van der Waals surface area contributed by atoms with Crippen LogP contribution in [0, 0.1) is 10.1 Å². The highest BCUT2D eigenvalue weighted by molar-refractivity contribution is 8.26. The molecule has 8 heteroatoms. The molecular formula is C11H7N2O4S2-. The van der Waals surface area contributed by atoms with Gasteiger partial charge in [-0.3, -0.25) is 19.8 Å². The molecule has 1 aliphatic rings. The summed E-state index contributed by atoms with van der Waals surface area (Å²) in [6.07, 6.45) is 1.33. The van der Waals surface area contributed by atoms with Gasteiger partial charge in [-0.15, -0.1) is 0 Å². The second kappa shape index (κ2) is 4.98. The summed E-state index contributed by atoms with van der Waals surface area (Å²) in [5.74, 6) is -1.03. The summed E-state index contributed by atoms with van der Waals surface area (Å²) in [6, 6.07) is 3.96. The zero-order chi connectivity index (χ0) is 14.2. The van der Waals surface area contributed by atoms with Gasteiger partial charge in [0, 0.05) is 13.1 Å². The number of benzene rings is 1. The van der Waals surface area contributed by atoms with Gasteiger partial charge < -0.3 is 5.11 Å². The van der Waals surface area contributed by atoms with Crippen LogP contribution in [0.4, 0.5) is 5.69 Å². The first-order valence-corrected chi connectivity index (χ1v) is 6.30. The Morgan fingerprint density at radius 1 is 1.47 bits per heavy atom. The molecule has 1 heterocycles. The number of nitro groups is 1. The summed E-state index contributed by atoms with van der Waals surface area (Å²) in [6.45, 7) is 0. The van der Waals surface area contributed by atoms with E-state index in [9.17, 15) is 20.0 Å². The fourth-order valence-electron chi connectivity index (χ4n) is 1.49. The van der Waals surface area contributed by atoms with Crippen LogP contribution < -0.4 is 5.11 Å². The summed E-state index contributed by atoms with van der Waals surface area (Å²) >= 11 is 6.01. The molecule has 0 spiro atoms. The molecule has 6 nitrogen and oxygen atoms in total. The Bertz CT molecular complexity index is 627. The Balaban J connectivity index is 2.45. The van der Waals surface area contributed by atoms with Gasteiger partial charge >= 0.3 is 0 Å². The lowest BCUT2D eigenvalue weighted by Gasteiger charge is -2.10. The minimum absolute atomic E-state index is 0.100. The van der Waals surface area contributed by atoms with Gasteiger partial charge in [0.25, 0.3) is 11.6 Å². The van der Waals surface area contributed by atoms with Crippen molar-refractivity contribution in [3.8, 4) is 5.75 Å². The number of thiocarbonyl (C=S) groups is 1. The van der Waals surface area contributed by atoms with Crippen LogP contribution in [0.3, 0.4) is 0 Å². The average molecular weight is 295 g/mol. The predicted octanol–water partition coefficient (Wildman–Crippen LogP) is 1.50. The quantitative estimate of drug-likeness (QED) is 0.356. The molecule has 0 aromatic heterocycles. The zero-order valence-electron chi connectivity index (χ0n) is 9.65. The van der Waals surface area contributed by atoms with Crippen LogP contribution in [-0.2, 0) is 4.79 Å². The van der Waals surface area contributed by atoms with Crippen LogP contribution >= 0.6 is 24.0 Å². The normalized spacial score (nSPS) is 17.3. The van der Waals surface area contributed by atoms with Gasteiger partial charge in [-0.05, 0) is 17.4 Å². The van der Waals surface area contributed by atoms with Crippen molar-refractivity contribution in [3.05, 3.63) is 38.8 Å². The number of para-hydroxylation sites is 1. The van der Waals surface area contributed by atoms with Crippen molar-refractivity contribution < 1.29 is 14.8 Å². The van der Waals surface area contributed by atoms with Gasteiger partial charge in [0.1, 0.15) is 4.32 Å². The number of carbonyl (C=O) groups is 1. The summed E-state index contributed by atoms with van der Waals surface area (Å²) in [4.78, 5) is 23.2. The number of thioether (sulfide) groups is 1. The van der Waals surface area contributed by atoms with Crippen molar-refractivity contribution >= 4 is 46.0 Å². The topological polar surface area (TPSA) is 86.5 Å². The maximum absolute atomic E-state index is 11.8. The third kappa shape index (κ3) is 2.45. The summed E-state index contributed by atoms with van der Waals surface area (Å²) in [5, 5.41) is 22.5. The molecule has 0 saturated carbocycles. The summed E-state index contributed by atoms with van der Waals surface area (Å²) in [7, 11) is 1.53. The van der Waals surface area contributed by atoms with Crippen molar-refractivity contribution in [1.29, 1.82) is 0 Å². The molecule has 0 unspecified atom stereocenters. The minimum atomic E-state index is -0.745. The largest absolute Gasteiger partial charge is 0.867 e. The Morgan fingerprint density at radius 2 is 2.16 bits per heavy atom. The fourth-order valence-corrected chi connectivity index (χ4v) is 2.66. The van der Waals surface area contributed by atoms with Crippen molar-refractivity contribution in [2.24, 2.45) is 0 Å². The third-order valence-corrected chi connectivity index (χ3v) is 3.98. The third-order valence-electron chi connectivity index (χ3n) is 2.49. The van der Waals surface area contributed by atoms with Gasteiger partial charge in [0.05, 0.1) is 9.83 Å². The minimum Gasteiger partial charge on any atom is -0.867 e. The van der Waals surface area contributed by atoms with Gasteiger partial charge in [-0.25, -0.2) is 0 Å². The van der Waals surface area contributed by atoms with E-state index in [4.69, 9.17) is 12.2 Å². The first-order chi connectivity index (χ1) is 8.91. The summed E-state index contributed by atoms with van der Waals surface area (Å²) < 4.78 is 0.383. The second-order valence-electron chi connectivity index (χ2n) is 3.69. The number of rotatable bonds is 2. The number of nitro benzene ring substituents is 1. The van der Waals surface area contributed by atoms with E-state index >= 15 is 0 Å². The van der Waals surface area contributed by atoms with Crippen molar-refractivity contribution in [2.75, 3.05) is 7.05 Å². The highest BCUT2D eigenvalue weighted by atomic mass is 32.2. The molecule has 98 valence electrons. The van der Waals surface area contributed by atoms with Crippen molar-refractivity contribution in [3.63, 3.8) is 0 Å². The van der Waals surface area contributed by atoms with E-state index in [1.807, 2.05) is 0 Å². The standard InChI is InChI=1S/C11H8N2O4S2/c1-12-10(15)8(19-11(12)18)5-6-3-2-4-7(9(6)14)13(16)17/h2-5,14H,1H3/p-1/b8-5-. The van der Waals surface area contributed by atoms with Crippen LogP contribution in [0.2, 0.25) is 0 Å². The van der Waals surface area contributed by atoms with Crippen molar-refractivity contribution in [1.82, 2.24) is 4.90 Å². The number of likely N-dealkylation sites (N-methyl/N-ethyl adjacent to an activating group) is 1. The van der Waals surface area contributed by atoms with E-state index in [2.05, 4.69) is 0 Å². The lowest BCUT2D eigenvalue weighted by atomic mass is 10.1. The SMILES string of the molecule is CN1C(=O)/C(=C/c2cccc([N+](=O)[O-])c2[O-])SC1=S. The number of nitrogens with zero attached hydrogens (tertiary/aromatic N) is 2. The van der Waals surface area contributed by atoms with Crippen LogP contribution in [-0.4, -0.2) is 27.1 Å². The van der Waals surface area contributed by atoms with E-state index in [0.717, 1.165) is 17.8 Å². The van der Waals surface area contributed by atoms with Gasteiger partial charge in [0.15, 0.2) is 0 Å². The number of carbonyl (C=O) groups excluding carboxylic acids is 1. The number of hydrogen-bond donors (Lipinski definition) is 0. The molecule has 2 rings (SSSR count). The Kier molecular flexibility index (Phi) is 3.54. The smallest absolute Gasteiger partial charge is 0.265 e. The van der Waals surface area contributed by atoms with Crippen molar-refractivity contribution in [2.45, 2.75) is 0 Å². The van der Waals surface area contributed by atoms with E-state index in [1.54, 1.807) is 0 Å². The highest BCUT2D eigenvalue weighted by Gasteiger charge is 2.28. The monoisotopic (exact) mass is 295 g/mol. The Morgan fingerprint density at radius 3 is 2.68 bits per heavy atom. The van der Waals surface area contributed by atoms with E-state index in [0.29, 0.717) is 4.32 Å². The highest BCUT2D eigenvalue weighted by Crippen LogP contribution is 2.34. The molecular weight excluding hydrogens is 288 g/mol. The predicted molar refractivity (Wildman–Crippen MR) is 73.5 cm³/mol. The molecule has 1 saturated heterocycles. The Labute approximate surface area is 117 Å².